The van der Waals surface area contributed by atoms with E-state index in [4.69, 9.17) is 0 Å². The molecular formula is C14H21N3O2S. The van der Waals surface area contributed by atoms with Crippen molar-refractivity contribution in [1.29, 1.82) is 0 Å². The van der Waals surface area contributed by atoms with Crippen LogP contribution in [0.5, 0.6) is 0 Å². The van der Waals surface area contributed by atoms with Crippen LogP contribution in [0.4, 0.5) is 0 Å². The molecule has 0 aromatic carbocycles. The quantitative estimate of drug-likeness (QED) is 0.903. The minimum atomic E-state index is -0.474. The van der Waals surface area contributed by atoms with Gasteiger partial charge < -0.3 is 10.2 Å². The first kappa shape index (κ1) is 15.0. The largest absolute Gasteiger partial charge is 0.344 e. The topological polar surface area (TPSA) is 62.3 Å². The average molecular weight is 295 g/mol. The first-order valence-electron chi connectivity index (χ1n) is 6.77. The van der Waals surface area contributed by atoms with E-state index in [0.29, 0.717) is 19.5 Å². The van der Waals surface area contributed by atoms with Gasteiger partial charge in [0, 0.05) is 24.0 Å². The van der Waals surface area contributed by atoms with Gasteiger partial charge in [-0.1, -0.05) is 20.8 Å². The third kappa shape index (κ3) is 3.36. The molecule has 0 radical (unpaired) electrons. The zero-order valence-electron chi connectivity index (χ0n) is 12.4. The Bertz CT molecular complexity index is 519. The van der Waals surface area contributed by atoms with Crippen LogP contribution in [0.15, 0.2) is 6.20 Å². The molecule has 1 unspecified atom stereocenters. The van der Waals surface area contributed by atoms with E-state index >= 15 is 0 Å². The minimum absolute atomic E-state index is 0.0174. The van der Waals surface area contributed by atoms with Gasteiger partial charge in [-0.2, -0.15) is 0 Å². The molecule has 6 heteroatoms. The van der Waals surface area contributed by atoms with Crippen LogP contribution >= 0.6 is 11.3 Å². The van der Waals surface area contributed by atoms with Crippen LogP contribution in [0.25, 0.3) is 0 Å². The second-order valence-corrected chi connectivity index (χ2v) is 7.56. The fourth-order valence-corrected chi connectivity index (χ4v) is 3.01. The van der Waals surface area contributed by atoms with Crippen LogP contribution < -0.4 is 5.32 Å². The van der Waals surface area contributed by atoms with Crippen molar-refractivity contribution < 1.29 is 9.59 Å². The van der Waals surface area contributed by atoms with Crippen molar-refractivity contribution in [3.8, 4) is 0 Å². The summed E-state index contributed by atoms with van der Waals surface area (Å²) >= 11 is 1.59. The molecule has 1 aromatic heterocycles. The lowest BCUT2D eigenvalue weighted by atomic mass is 9.86. The molecule has 2 rings (SSSR count). The van der Waals surface area contributed by atoms with Crippen molar-refractivity contribution in [2.75, 3.05) is 6.54 Å². The van der Waals surface area contributed by atoms with E-state index in [1.54, 1.807) is 16.2 Å². The lowest BCUT2D eigenvalue weighted by molar-refractivity contribution is -0.136. The average Bonchev–Trinajstić information content (AvgIpc) is 2.68. The van der Waals surface area contributed by atoms with Gasteiger partial charge in [-0.05, 0) is 12.3 Å². The summed E-state index contributed by atoms with van der Waals surface area (Å²) in [5.74, 6) is -0.0766. The van der Waals surface area contributed by atoms with E-state index in [-0.39, 0.29) is 17.2 Å². The molecule has 1 aromatic rings. The smallest absolute Gasteiger partial charge is 0.246 e. The molecule has 0 spiro atoms. The number of amides is 2. The Morgan fingerprint density at radius 1 is 1.45 bits per heavy atom. The number of carbonyl (C=O) groups excluding carboxylic acids is 2. The van der Waals surface area contributed by atoms with Crippen molar-refractivity contribution in [2.24, 2.45) is 5.41 Å². The zero-order valence-corrected chi connectivity index (χ0v) is 13.2. The number of aryl methyl sites for hydroxylation is 1. The maximum absolute atomic E-state index is 12.6. The lowest BCUT2D eigenvalue weighted by Crippen LogP contribution is -2.51. The monoisotopic (exact) mass is 295 g/mol. The Morgan fingerprint density at radius 3 is 2.70 bits per heavy atom. The first-order valence-corrected chi connectivity index (χ1v) is 7.58. The Balaban J connectivity index is 2.19. The molecule has 1 aliphatic heterocycles. The van der Waals surface area contributed by atoms with Gasteiger partial charge in [0.25, 0.3) is 0 Å². The second kappa shape index (κ2) is 5.52. The third-order valence-corrected chi connectivity index (χ3v) is 4.23. The number of hydrogen-bond donors (Lipinski definition) is 1. The van der Waals surface area contributed by atoms with Crippen LogP contribution in [-0.4, -0.2) is 34.3 Å². The van der Waals surface area contributed by atoms with Gasteiger partial charge in [-0.25, -0.2) is 4.98 Å². The van der Waals surface area contributed by atoms with Crippen molar-refractivity contribution >= 4 is 23.2 Å². The molecular weight excluding hydrogens is 274 g/mol. The molecule has 2 heterocycles. The van der Waals surface area contributed by atoms with Crippen LogP contribution in [-0.2, 0) is 16.1 Å². The second-order valence-electron chi connectivity index (χ2n) is 6.24. The fraction of sp³-hybridized carbons (Fsp3) is 0.643. The highest BCUT2D eigenvalue weighted by atomic mass is 32.1. The molecule has 1 N–H and O–H groups in total. The Hall–Kier alpha value is -1.43. The highest BCUT2D eigenvalue weighted by Gasteiger charge is 2.37. The molecule has 5 nitrogen and oxygen atoms in total. The number of nitrogens with zero attached hydrogens (tertiary/aromatic N) is 2. The number of aromatic nitrogens is 1. The Morgan fingerprint density at radius 2 is 2.15 bits per heavy atom. The molecule has 0 aliphatic carbocycles. The fourth-order valence-electron chi connectivity index (χ4n) is 2.21. The number of carbonyl (C=O) groups is 2. The third-order valence-electron chi connectivity index (χ3n) is 3.33. The van der Waals surface area contributed by atoms with Gasteiger partial charge in [-0.3, -0.25) is 9.59 Å². The zero-order chi connectivity index (χ0) is 14.9. The van der Waals surface area contributed by atoms with Gasteiger partial charge in [0.15, 0.2) is 0 Å². The van der Waals surface area contributed by atoms with Crippen molar-refractivity contribution in [2.45, 2.75) is 46.7 Å². The van der Waals surface area contributed by atoms with Gasteiger partial charge in [0.1, 0.15) is 11.0 Å². The number of hydrogen-bond acceptors (Lipinski definition) is 4. The maximum atomic E-state index is 12.6. The summed E-state index contributed by atoms with van der Waals surface area (Å²) in [5.41, 5.74) is -0.297. The molecule has 2 amide bonds. The molecule has 1 aliphatic rings. The summed E-state index contributed by atoms with van der Waals surface area (Å²) < 4.78 is 0. The van der Waals surface area contributed by atoms with Gasteiger partial charge in [-0.15, -0.1) is 11.3 Å². The Kier molecular flexibility index (Phi) is 4.13. The summed E-state index contributed by atoms with van der Waals surface area (Å²) in [4.78, 5) is 31.6. The van der Waals surface area contributed by atoms with Crippen molar-refractivity contribution in [1.82, 2.24) is 15.2 Å². The maximum Gasteiger partial charge on any atom is 0.246 e. The number of rotatable bonds is 2. The summed E-state index contributed by atoms with van der Waals surface area (Å²) in [5, 5.41) is 3.76. The molecule has 0 saturated carbocycles. The standard InChI is InChI=1S/C14H21N3O2S/c1-9-7-15-11(20-9)8-17-6-5-10(18)16-12(13(17)19)14(2,3)4/h7,12H,5-6,8H2,1-4H3,(H,16,18). The lowest BCUT2D eigenvalue weighted by Gasteiger charge is -2.32. The summed E-state index contributed by atoms with van der Waals surface area (Å²) in [6.45, 7) is 8.83. The highest BCUT2D eigenvalue weighted by molar-refractivity contribution is 7.11. The summed E-state index contributed by atoms with van der Waals surface area (Å²) in [6, 6.07) is -0.474. The van der Waals surface area contributed by atoms with Crippen molar-refractivity contribution in [3.63, 3.8) is 0 Å². The van der Waals surface area contributed by atoms with E-state index in [2.05, 4.69) is 10.3 Å². The van der Waals surface area contributed by atoms with E-state index in [9.17, 15) is 9.59 Å². The normalized spacial score (nSPS) is 20.8. The van der Waals surface area contributed by atoms with Gasteiger partial charge in [0.2, 0.25) is 11.8 Å². The molecule has 0 bridgehead atoms. The predicted molar refractivity (Wildman–Crippen MR) is 78.3 cm³/mol. The van der Waals surface area contributed by atoms with Gasteiger partial charge >= 0.3 is 0 Å². The first-order chi connectivity index (χ1) is 9.27. The summed E-state index contributed by atoms with van der Waals surface area (Å²) in [6.07, 6.45) is 2.16. The van der Waals surface area contributed by atoms with Crippen molar-refractivity contribution in [3.05, 3.63) is 16.1 Å². The number of thiazole rings is 1. The van der Waals surface area contributed by atoms with Gasteiger partial charge in [0.05, 0.1) is 6.54 Å². The molecule has 20 heavy (non-hydrogen) atoms. The predicted octanol–water partition coefficient (Wildman–Crippen LogP) is 1.71. The molecule has 1 fully saturated rings. The molecule has 1 atom stereocenters. The van der Waals surface area contributed by atoms with E-state index < -0.39 is 6.04 Å². The molecule has 110 valence electrons. The summed E-state index contributed by atoms with van der Waals surface area (Å²) in [7, 11) is 0. The van der Waals surface area contributed by atoms with Crippen LogP contribution in [0, 0.1) is 12.3 Å². The minimum Gasteiger partial charge on any atom is -0.344 e. The highest BCUT2D eigenvalue weighted by Crippen LogP contribution is 2.24. The number of nitrogens with one attached hydrogen (secondary N) is 1. The van der Waals surface area contributed by atoms with E-state index in [1.807, 2.05) is 33.9 Å². The van der Waals surface area contributed by atoms with Crippen LogP contribution in [0.1, 0.15) is 37.1 Å². The van der Waals surface area contributed by atoms with E-state index in [0.717, 1.165) is 9.88 Å². The SMILES string of the molecule is Cc1cnc(CN2CCC(=O)NC(C(C)(C)C)C2=O)s1. The van der Waals surface area contributed by atoms with Crippen LogP contribution in [0.3, 0.4) is 0 Å². The van der Waals surface area contributed by atoms with E-state index in [1.165, 1.54) is 0 Å². The molecule has 1 saturated heterocycles. The Labute approximate surface area is 123 Å². The van der Waals surface area contributed by atoms with Crippen LogP contribution in [0.2, 0.25) is 0 Å².